The van der Waals surface area contributed by atoms with Gasteiger partial charge in [0.15, 0.2) is 5.96 Å². The lowest BCUT2D eigenvalue weighted by atomic mass is 10.1. The lowest BCUT2D eigenvalue weighted by Crippen LogP contribution is -2.41. The molecule has 2 N–H and O–H groups in total. The monoisotopic (exact) mass is 547 g/mol. The number of hydrogen-bond donors (Lipinski definition) is 2. The quantitative estimate of drug-likeness (QED) is 0.300. The molecule has 0 fully saturated rings. The average molecular weight is 547 g/mol. The molecule has 2 aromatic rings. The topological polar surface area (TPSA) is 99.8 Å². The Morgan fingerprint density at radius 3 is 2.70 bits per heavy atom. The first kappa shape index (κ1) is 24.4. The van der Waals surface area contributed by atoms with Gasteiger partial charge in [0.1, 0.15) is 5.76 Å². The summed E-state index contributed by atoms with van der Waals surface area (Å²) in [5, 5.41) is 10.4. The molecule has 0 atom stereocenters. The van der Waals surface area contributed by atoms with Gasteiger partial charge in [-0.05, 0) is 24.5 Å². The van der Waals surface area contributed by atoms with Crippen LogP contribution in [0, 0.1) is 0 Å². The van der Waals surface area contributed by atoms with Crippen LogP contribution in [0.4, 0.5) is 5.69 Å². The van der Waals surface area contributed by atoms with Crippen molar-refractivity contribution >= 4 is 45.6 Å². The molecule has 1 aliphatic heterocycles. The molecule has 0 saturated carbocycles. The zero-order valence-corrected chi connectivity index (χ0v) is 20.8. The highest BCUT2D eigenvalue weighted by Gasteiger charge is 2.28. The van der Waals surface area contributed by atoms with Crippen LogP contribution in [0.25, 0.3) is 0 Å². The molecule has 1 aromatic heterocycles. The van der Waals surface area contributed by atoms with E-state index in [1.165, 1.54) is 4.31 Å². The number of benzene rings is 1. The smallest absolute Gasteiger partial charge is 0.236 e. The minimum Gasteiger partial charge on any atom is -0.361 e. The zero-order chi connectivity index (χ0) is 20.9. The number of aromatic nitrogens is 1. The molecule has 3 rings (SSSR count). The van der Waals surface area contributed by atoms with E-state index in [4.69, 9.17) is 4.52 Å². The first-order valence-electron chi connectivity index (χ1n) is 9.99. The van der Waals surface area contributed by atoms with Gasteiger partial charge in [-0.25, -0.2) is 8.42 Å². The molecule has 0 spiro atoms. The first-order valence-corrected chi connectivity index (χ1v) is 11.6. The van der Waals surface area contributed by atoms with Gasteiger partial charge in [0, 0.05) is 38.7 Å². The molecule has 0 bridgehead atoms. The molecule has 0 amide bonds. The highest BCUT2D eigenvalue weighted by atomic mass is 127. The third-order valence-corrected chi connectivity index (χ3v) is 6.87. The number of anilines is 1. The largest absolute Gasteiger partial charge is 0.361 e. The van der Waals surface area contributed by atoms with Crippen molar-refractivity contribution in [3.05, 3.63) is 46.8 Å². The number of para-hydroxylation sites is 1. The summed E-state index contributed by atoms with van der Waals surface area (Å²) in [7, 11) is -1.73. The highest BCUT2D eigenvalue weighted by Crippen LogP contribution is 2.29. The van der Waals surface area contributed by atoms with Crippen molar-refractivity contribution in [1.82, 2.24) is 15.8 Å². The molecule has 0 saturated heterocycles. The number of rotatable bonds is 8. The molecule has 10 heteroatoms. The van der Waals surface area contributed by atoms with E-state index in [9.17, 15) is 8.42 Å². The van der Waals surface area contributed by atoms with Crippen LogP contribution in [0.15, 0.2) is 33.8 Å². The number of halogens is 1. The molecule has 8 nitrogen and oxygen atoms in total. The van der Waals surface area contributed by atoms with Crippen LogP contribution in [0.3, 0.4) is 0 Å². The molecule has 30 heavy (non-hydrogen) atoms. The third kappa shape index (κ3) is 5.45. The second-order valence-electron chi connectivity index (χ2n) is 6.86. The van der Waals surface area contributed by atoms with Crippen LogP contribution in [0.5, 0.6) is 0 Å². The Bertz CT molecular complexity index is 953. The first-order chi connectivity index (χ1) is 14.0. The van der Waals surface area contributed by atoms with E-state index >= 15 is 0 Å². The minimum absolute atomic E-state index is 0. The molecule has 2 heterocycles. The Morgan fingerprint density at radius 2 is 2.00 bits per heavy atom. The highest BCUT2D eigenvalue weighted by molar-refractivity contribution is 14.0. The Balaban J connectivity index is 0.00000320. The predicted molar refractivity (Wildman–Crippen MR) is 130 cm³/mol. The maximum atomic E-state index is 12.8. The number of nitrogens with one attached hydrogen (secondary N) is 2. The summed E-state index contributed by atoms with van der Waals surface area (Å²) in [4.78, 5) is 4.19. The van der Waals surface area contributed by atoms with Gasteiger partial charge >= 0.3 is 0 Å². The number of fused-ring (bicyclic) bond motifs is 1. The maximum absolute atomic E-state index is 12.8. The van der Waals surface area contributed by atoms with Crippen molar-refractivity contribution < 1.29 is 12.9 Å². The van der Waals surface area contributed by atoms with Gasteiger partial charge in [-0.3, -0.25) is 9.30 Å². The van der Waals surface area contributed by atoms with Crippen molar-refractivity contribution in [2.45, 2.75) is 39.7 Å². The van der Waals surface area contributed by atoms with E-state index in [0.29, 0.717) is 19.0 Å². The van der Waals surface area contributed by atoms with Crippen molar-refractivity contribution in [3.63, 3.8) is 0 Å². The van der Waals surface area contributed by atoms with Crippen molar-refractivity contribution in [3.8, 4) is 0 Å². The summed E-state index contributed by atoms with van der Waals surface area (Å²) in [6, 6.07) is 7.66. The van der Waals surface area contributed by atoms with Gasteiger partial charge in [-0.15, -0.1) is 24.0 Å². The van der Waals surface area contributed by atoms with Gasteiger partial charge in [-0.2, -0.15) is 0 Å². The summed E-state index contributed by atoms with van der Waals surface area (Å²) in [5.74, 6) is 1.41. The second-order valence-corrected chi connectivity index (χ2v) is 8.87. The Morgan fingerprint density at radius 1 is 1.23 bits per heavy atom. The molecule has 1 aromatic carbocycles. The molecule has 0 radical (unpaired) electrons. The SMILES string of the molecule is CCc1noc(CC)c1CNC(=NC)NCCS(=O)(=O)N1CCc2ccccc21.I. The van der Waals surface area contributed by atoms with E-state index in [0.717, 1.165) is 47.5 Å². The second kappa shape index (κ2) is 11.0. The number of aliphatic imine (C=N–C) groups is 1. The van der Waals surface area contributed by atoms with E-state index in [2.05, 4.69) is 20.8 Å². The third-order valence-electron chi connectivity index (χ3n) is 5.10. The van der Waals surface area contributed by atoms with Crippen LogP contribution in [0.2, 0.25) is 0 Å². The summed E-state index contributed by atoms with van der Waals surface area (Å²) >= 11 is 0. The average Bonchev–Trinajstić information content (AvgIpc) is 3.34. The number of sulfonamides is 1. The van der Waals surface area contributed by atoms with Gasteiger partial charge < -0.3 is 15.2 Å². The van der Waals surface area contributed by atoms with Crippen LogP contribution in [-0.4, -0.2) is 45.4 Å². The number of aryl methyl sites for hydroxylation is 2. The van der Waals surface area contributed by atoms with Crippen molar-refractivity contribution in [2.24, 2.45) is 4.99 Å². The summed E-state index contributed by atoms with van der Waals surface area (Å²) in [5.41, 5.74) is 3.84. The fourth-order valence-electron chi connectivity index (χ4n) is 3.54. The van der Waals surface area contributed by atoms with Gasteiger partial charge in [0.25, 0.3) is 0 Å². The van der Waals surface area contributed by atoms with E-state index in [1.807, 2.05) is 38.1 Å². The normalized spacial score (nSPS) is 13.7. The number of hydrogen-bond acceptors (Lipinski definition) is 5. The summed E-state index contributed by atoms with van der Waals surface area (Å²) < 4.78 is 32.5. The molecular weight excluding hydrogens is 517 g/mol. The van der Waals surface area contributed by atoms with Crippen molar-refractivity contribution in [1.29, 1.82) is 0 Å². The Labute approximate surface area is 195 Å². The molecule has 0 unspecified atom stereocenters. The Hall–Kier alpha value is -1.82. The molecular formula is C20H30IN5O3S. The fourth-order valence-corrected chi connectivity index (χ4v) is 4.96. The van der Waals surface area contributed by atoms with Crippen LogP contribution in [0.1, 0.15) is 36.4 Å². The number of guanidine groups is 1. The fraction of sp³-hybridized carbons (Fsp3) is 0.500. The minimum atomic E-state index is -3.39. The van der Waals surface area contributed by atoms with Gasteiger partial charge in [-0.1, -0.05) is 37.2 Å². The predicted octanol–water partition coefficient (Wildman–Crippen LogP) is 2.47. The van der Waals surface area contributed by atoms with Crippen molar-refractivity contribution in [2.75, 3.05) is 30.2 Å². The van der Waals surface area contributed by atoms with Crippen LogP contribution < -0.4 is 14.9 Å². The summed E-state index contributed by atoms with van der Waals surface area (Å²) in [6.45, 7) is 5.36. The lowest BCUT2D eigenvalue weighted by Gasteiger charge is -2.20. The zero-order valence-electron chi connectivity index (χ0n) is 17.6. The van der Waals surface area contributed by atoms with E-state index in [1.54, 1.807) is 7.05 Å². The maximum Gasteiger partial charge on any atom is 0.236 e. The van der Waals surface area contributed by atoms with Crippen LogP contribution >= 0.6 is 24.0 Å². The molecule has 0 aliphatic carbocycles. The molecule has 1 aliphatic rings. The van der Waals surface area contributed by atoms with E-state index < -0.39 is 10.0 Å². The van der Waals surface area contributed by atoms with Gasteiger partial charge in [0.2, 0.25) is 10.0 Å². The molecule has 166 valence electrons. The number of nitrogens with zero attached hydrogens (tertiary/aromatic N) is 3. The van der Waals surface area contributed by atoms with Crippen LogP contribution in [-0.2, 0) is 35.8 Å². The Kier molecular flexibility index (Phi) is 8.95. The van der Waals surface area contributed by atoms with E-state index in [-0.39, 0.29) is 36.3 Å². The van der Waals surface area contributed by atoms with Gasteiger partial charge in [0.05, 0.1) is 17.1 Å². The standard InChI is InChI=1S/C20H29N5O3S.HI/c1-4-17-16(19(5-2)28-24-17)14-23-20(21-3)22-11-13-29(26,27)25-12-10-15-8-6-7-9-18(15)25;/h6-9H,4-5,10-14H2,1-3H3,(H2,21,22,23);1H. The lowest BCUT2D eigenvalue weighted by molar-refractivity contribution is 0.380. The summed E-state index contributed by atoms with van der Waals surface area (Å²) in [6.07, 6.45) is 2.32.